The Balaban J connectivity index is 1.63. The van der Waals surface area contributed by atoms with Gasteiger partial charge in [-0.15, -0.1) is 0 Å². The maximum Gasteiger partial charge on any atom is 0.222 e. The van der Waals surface area contributed by atoms with Crippen LogP contribution in [0.1, 0.15) is 24.4 Å². The lowest BCUT2D eigenvalue weighted by molar-refractivity contribution is -0.122. The average Bonchev–Trinajstić information content (AvgIpc) is 2.49. The third-order valence-corrected chi connectivity index (χ3v) is 5.22. The number of carbonyl (C=O) groups is 1. The second kappa shape index (κ2) is 6.90. The van der Waals surface area contributed by atoms with E-state index < -0.39 is 0 Å². The van der Waals surface area contributed by atoms with Gasteiger partial charge in [0.25, 0.3) is 0 Å². The molecule has 4 nitrogen and oxygen atoms in total. The van der Waals surface area contributed by atoms with Crippen LogP contribution in [0, 0.1) is 0 Å². The Hall–Kier alpha value is -0.910. The Morgan fingerprint density at radius 3 is 3.24 bits per heavy atom. The molecular weight excluding hydrogens is 308 g/mol. The van der Waals surface area contributed by atoms with Crippen molar-refractivity contribution >= 4 is 29.3 Å². The van der Waals surface area contributed by atoms with E-state index in [9.17, 15) is 4.79 Å². The number of nitrogens with one attached hydrogen (secondary N) is 2. The standard InChI is InChI=1S/C15H19ClN2O2S/c16-12-3-1-2-11-13(4-6-20-15(11)12)18-14(19)8-10-9-21-7-5-17-10/h1-3,10,13,17H,4-9H2,(H,18,19). The highest BCUT2D eigenvalue weighted by atomic mass is 35.5. The second-order valence-corrected chi connectivity index (χ2v) is 6.90. The molecule has 2 aliphatic heterocycles. The number of fused-ring (bicyclic) bond motifs is 1. The van der Waals surface area contributed by atoms with Gasteiger partial charge in [0.2, 0.25) is 5.91 Å². The fourth-order valence-corrected chi connectivity index (χ4v) is 3.95. The third kappa shape index (κ3) is 3.65. The quantitative estimate of drug-likeness (QED) is 0.895. The van der Waals surface area contributed by atoms with E-state index in [4.69, 9.17) is 16.3 Å². The number of amides is 1. The summed E-state index contributed by atoms with van der Waals surface area (Å²) in [6.45, 7) is 1.57. The van der Waals surface area contributed by atoms with Gasteiger partial charge in [-0.3, -0.25) is 4.79 Å². The summed E-state index contributed by atoms with van der Waals surface area (Å²) in [7, 11) is 0. The number of hydrogen-bond donors (Lipinski definition) is 2. The molecule has 114 valence electrons. The van der Waals surface area contributed by atoms with Crippen LogP contribution < -0.4 is 15.4 Å². The van der Waals surface area contributed by atoms with E-state index in [2.05, 4.69) is 10.6 Å². The molecule has 2 N–H and O–H groups in total. The number of carbonyl (C=O) groups excluding carboxylic acids is 1. The summed E-state index contributed by atoms with van der Waals surface area (Å²) in [6, 6.07) is 5.96. The summed E-state index contributed by atoms with van der Waals surface area (Å²) in [5.41, 5.74) is 0.980. The van der Waals surface area contributed by atoms with Gasteiger partial charge in [-0.1, -0.05) is 23.7 Å². The smallest absolute Gasteiger partial charge is 0.222 e. The molecule has 0 bridgehead atoms. The van der Waals surface area contributed by atoms with Crippen molar-refractivity contribution in [1.82, 2.24) is 10.6 Å². The van der Waals surface area contributed by atoms with Gasteiger partial charge in [0.05, 0.1) is 17.7 Å². The first kappa shape index (κ1) is 15.0. The van der Waals surface area contributed by atoms with Crippen molar-refractivity contribution in [3.63, 3.8) is 0 Å². The van der Waals surface area contributed by atoms with Crippen molar-refractivity contribution in [3.05, 3.63) is 28.8 Å². The van der Waals surface area contributed by atoms with E-state index in [1.807, 2.05) is 30.0 Å². The van der Waals surface area contributed by atoms with E-state index in [1.165, 1.54) is 0 Å². The molecule has 2 heterocycles. The van der Waals surface area contributed by atoms with Crippen molar-refractivity contribution in [2.45, 2.75) is 24.9 Å². The largest absolute Gasteiger partial charge is 0.492 e. The second-order valence-electron chi connectivity index (χ2n) is 5.35. The fourth-order valence-electron chi connectivity index (χ4n) is 2.76. The lowest BCUT2D eigenvalue weighted by Gasteiger charge is -2.28. The zero-order chi connectivity index (χ0) is 14.7. The highest BCUT2D eigenvalue weighted by Crippen LogP contribution is 2.37. The van der Waals surface area contributed by atoms with Crippen molar-refractivity contribution in [1.29, 1.82) is 0 Å². The van der Waals surface area contributed by atoms with Gasteiger partial charge in [-0.25, -0.2) is 0 Å². The lowest BCUT2D eigenvalue weighted by atomic mass is 10.00. The molecule has 1 amide bonds. The normalized spacial score (nSPS) is 24.8. The van der Waals surface area contributed by atoms with Crippen molar-refractivity contribution < 1.29 is 9.53 Å². The Labute approximate surface area is 134 Å². The van der Waals surface area contributed by atoms with Crippen LogP contribution in [0.5, 0.6) is 5.75 Å². The number of ether oxygens (including phenoxy) is 1. The first-order chi connectivity index (χ1) is 10.2. The van der Waals surface area contributed by atoms with E-state index in [-0.39, 0.29) is 18.0 Å². The summed E-state index contributed by atoms with van der Waals surface area (Å²) >= 11 is 8.05. The van der Waals surface area contributed by atoms with Crippen molar-refractivity contribution in [2.75, 3.05) is 24.7 Å². The maximum absolute atomic E-state index is 12.2. The van der Waals surface area contributed by atoms with Crippen LogP contribution in [0.4, 0.5) is 0 Å². The Kier molecular flexibility index (Phi) is 4.93. The predicted octanol–water partition coefficient (Wildman–Crippen LogP) is 2.37. The van der Waals surface area contributed by atoms with E-state index >= 15 is 0 Å². The van der Waals surface area contributed by atoms with Crippen molar-refractivity contribution in [3.8, 4) is 5.75 Å². The maximum atomic E-state index is 12.2. The first-order valence-corrected chi connectivity index (χ1v) is 8.79. The monoisotopic (exact) mass is 326 g/mol. The van der Waals surface area contributed by atoms with Crippen LogP contribution in [-0.2, 0) is 4.79 Å². The van der Waals surface area contributed by atoms with Crippen LogP contribution in [0.25, 0.3) is 0 Å². The Morgan fingerprint density at radius 2 is 2.43 bits per heavy atom. The minimum absolute atomic E-state index is 0.00352. The van der Waals surface area contributed by atoms with Gasteiger partial charge in [0.15, 0.2) is 0 Å². The minimum atomic E-state index is -0.00352. The molecule has 1 aromatic rings. The topological polar surface area (TPSA) is 50.4 Å². The van der Waals surface area contributed by atoms with Crippen LogP contribution in [0.3, 0.4) is 0 Å². The van der Waals surface area contributed by atoms with Crippen LogP contribution >= 0.6 is 23.4 Å². The van der Waals surface area contributed by atoms with E-state index in [0.29, 0.717) is 23.8 Å². The molecule has 6 heteroatoms. The Morgan fingerprint density at radius 1 is 1.52 bits per heavy atom. The molecule has 3 rings (SSSR count). The summed E-state index contributed by atoms with van der Waals surface area (Å²) in [4.78, 5) is 12.2. The first-order valence-electron chi connectivity index (χ1n) is 7.26. The van der Waals surface area contributed by atoms with Crippen LogP contribution in [0.2, 0.25) is 5.02 Å². The SMILES string of the molecule is O=C(CC1CSCCN1)NC1CCOc2c(Cl)cccc21. The zero-order valence-corrected chi connectivity index (χ0v) is 13.3. The molecule has 0 spiro atoms. The van der Waals surface area contributed by atoms with Gasteiger partial charge in [-0.2, -0.15) is 11.8 Å². The zero-order valence-electron chi connectivity index (χ0n) is 11.7. The number of benzene rings is 1. The number of para-hydroxylation sites is 1. The molecular formula is C15H19ClN2O2S. The minimum Gasteiger partial charge on any atom is -0.492 e. The van der Waals surface area contributed by atoms with Crippen LogP contribution in [-0.4, -0.2) is 36.6 Å². The third-order valence-electron chi connectivity index (χ3n) is 3.79. The Bertz CT molecular complexity index is 520. The van der Waals surface area contributed by atoms with Gasteiger partial charge >= 0.3 is 0 Å². The molecule has 0 aliphatic carbocycles. The summed E-state index contributed by atoms with van der Waals surface area (Å²) in [5.74, 6) is 2.93. The van der Waals surface area contributed by atoms with Gasteiger partial charge < -0.3 is 15.4 Å². The highest BCUT2D eigenvalue weighted by Gasteiger charge is 2.25. The molecule has 1 saturated heterocycles. The molecule has 0 radical (unpaired) electrons. The molecule has 0 saturated carbocycles. The van der Waals surface area contributed by atoms with Gasteiger partial charge in [0, 0.05) is 42.5 Å². The highest BCUT2D eigenvalue weighted by molar-refractivity contribution is 7.99. The number of halogens is 1. The molecule has 2 aliphatic rings. The fraction of sp³-hybridized carbons (Fsp3) is 0.533. The summed E-state index contributed by atoms with van der Waals surface area (Å²) < 4.78 is 5.62. The number of thioether (sulfide) groups is 1. The number of hydrogen-bond acceptors (Lipinski definition) is 4. The van der Waals surface area contributed by atoms with Crippen molar-refractivity contribution in [2.24, 2.45) is 0 Å². The molecule has 1 aromatic carbocycles. The van der Waals surface area contributed by atoms with Crippen LogP contribution in [0.15, 0.2) is 18.2 Å². The molecule has 2 atom stereocenters. The predicted molar refractivity (Wildman–Crippen MR) is 86.2 cm³/mol. The molecule has 21 heavy (non-hydrogen) atoms. The molecule has 1 fully saturated rings. The average molecular weight is 327 g/mol. The molecule has 0 aromatic heterocycles. The molecule has 2 unspecified atom stereocenters. The van der Waals surface area contributed by atoms with Gasteiger partial charge in [-0.05, 0) is 6.07 Å². The van der Waals surface area contributed by atoms with Gasteiger partial charge in [0.1, 0.15) is 5.75 Å². The number of rotatable bonds is 3. The van der Waals surface area contributed by atoms with E-state index in [0.717, 1.165) is 30.0 Å². The summed E-state index contributed by atoms with van der Waals surface area (Å²) in [5, 5.41) is 7.12. The summed E-state index contributed by atoms with van der Waals surface area (Å²) in [6.07, 6.45) is 1.31. The lowest BCUT2D eigenvalue weighted by Crippen LogP contribution is -2.42. The van der Waals surface area contributed by atoms with E-state index in [1.54, 1.807) is 0 Å².